The van der Waals surface area contributed by atoms with Gasteiger partial charge in [-0.3, -0.25) is 14.4 Å². The summed E-state index contributed by atoms with van der Waals surface area (Å²) in [6, 6.07) is 0. The number of rotatable bonds is 6. The van der Waals surface area contributed by atoms with E-state index in [1.54, 1.807) is 0 Å². The first kappa shape index (κ1) is 38.8. The first-order valence-corrected chi connectivity index (χ1v) is 6.04. The average Bonchev–Trinajstić information content (AvgIpc) is 2.39. The summed E-state index contributed by atoms with van der Waals surface area (Å²) < 4.78 is 0. The summed E-state index contributed by atoms with van der Waals surface area (Å²) in [4.78, 5) is 73.9. The zero-order valence-electron chi connectivity index (χ0n) is 14.4. The van der Waals surface area contributed by atoms with Gasteiger partial charge in [0.1, 0.15) is 30.9 Å². The van der Waals surface area contributed by atoms with E-state index in [-0.39, 0.29) is 36.8 Å². The van der Waals surface area contributed by atoms with E-state index in [2.05, 4.69) is 0 Å². The Labute approximate surface area is 162 Å². The van der Waals surface area contributed by atoms with Crippen LogP contribution in [0.2, 0.25) is 0 Å². The summed E-state index contributed by atoms with van der Waals surface area (Å²) in [5.74, 6) is -5.06. The molecule has 0 aromatic rings. The van der Waals surface area contributed by atoms with E-state index in [0.717, 1.165) is 0 Å². The van der Waals surface area contributed by atoms with Crippen molar-refractivity contribution in [1.29, 1.82) is 0 Å². The number of carboxylic acid groups (broad SMARTS) is 3. The molecule has 0 heterocycles. The molecule has 0 bridgehead atoms. The van der Waals surface area contributed by atoms with Crippen LogP contribution in [0.1, 0.15) is 40.0 Å². The SMILES string of the molecule is C=O.C=O.CC(=O)CC(=O)[O-].CC(=O)CC(=O)[O-].CC(=O)CC(=O)[O-].[Rh+3]. The van der Waals surface area contributed by atoms with Gasteiger partial charge in [0, 0.05) is 37.2 Å². The van der Waals surface area contributed by atoms with Gasteiger partial charge in [-0.2, -0.15) is 0 Å². The van der Waals surface area contributed by atoms with Crippen LogP contribution in [-0.2, 0) is 57.8 Å². The monoisotopic (exact) mass is 466 g/mol. The summed E-state index contributed by atoms with van der Waals surface area (Å²) in [5, 5.41) is 28.4. The predicted octanol–water partition coefficient (Wildman–Crippen LogP) is -4.23. The van der Waals surface area contributed by atoms with E-state index in [0.29, 0.717) is 0 Å². The predicted molar refractivity (Wildman–Crippen MR) is 75.2 cm³/mol. The van der Waals surface area contributed by atoms with Gasteiger partial charge in [-0.05, 0) is 20.8 Å². The van der Waals surface area contributed by atoms with E-state index in [1.807, 2.05) is 13.6 Å². The zero-order valence-corrected chi connectivity index (χ0v) is 16.0. The molecule has 12 heteroatoms. The third kappa shape index (κ3) is 101. The molecule has 0 aliphatic carbocycles. The minimum Gasteiger partial charge on any atom is -0.550 e. The molecule has 0 rings (SSSR count). The van der Waals surface area contributed by atoms with Gasteiger partial charge in [-0.1, -0.05) is 0 Å². The van der Waals surface area contributed by atoms with Crippen LogP contribution >= 0.6 is 0 Å². The minimum absolute atomic E-state index is 0. The fourth-order valence-electron chi connectivity index (χ4n) is 0.610. The van der Waals surface area contributed by atoms with E-state index in [9.17, 15) is 44.1 Å². The first-order chi connectivity index (χ1) is 11.4. The minimum atomic E-state index is -1.31. The van der Waals surface area contributed by atoms with Crippen molar-refractivity contribution in [2.24, 2.45) is 0 Å². The van der Waals surface area contributed by atoms with E-state index in [1.165, 1.54) is 20.8 Å². The molecule has 0 aliphatic heterocycles. The van der Waals surface area contributed by atoms with Crippen LogP contribution in [0.3, 0.4) is 0 Å². The van der Waals surface area contributed by atoms with Gasteiger partial charge in [0.05, 0.1) is 0 Å². The Balaban J connectivity index is -0.0000000515. The van der Waals surface area contributed by atoms with Crippen LogP contribution in [-0.4, -0.2) is 48.8 Å². The molecule has 0 amide bonds. The number of carbonyl (C=O) groups is 8. The molecule has 150 valence electrons. The van der Waals surface area contributed by atoms with Gasteiger partial charge in [-0.15, -0.1) is 0 Å². The van der Waals surface area contributed by atoms with Crippen molar-refractivity contribution in [1.82, 2.24) is 0 Å². The van der Waals surface area contributed by atoms with E-state index < -0.39 is 37.2 Å². The molecule has 0 fully saturated rings. The van der Waals surface area contributed by atoms with Crippen LogP contribution < -0.4 is 15.3 Å². The van der Waals surface area contributed by atoms with Crippen LogP contribution in [0.25, 0.3) is 0 Å². The Bertz CT molecular complexity index is 346. The Morgan fingerprint density at radius 1 is 0.538 bits per heavy atom. The zero-order chi connectivity index (χ0) is 21.6. The van der Waals surface area contributed by atoms with Gasteiger partial charge < -0.3 is 39.3 Å². The van der Waals surface area contributed by atoms with Gasteiger partial charge in [0.2, 0.25) is 0 Å². The third-order valence-corrected chi connectivity index (χ3v) is 1.18. The smallest absolute Gasteiger partial charge is 0.550 e. The van der Waals surface area contributed by atoms with Gasteiger partial charge in [0.15, 0.2) is 0 Å². The summed E-state index contributed by atoms with van der Waals surface area (Å²) >= 11 is 0. The van der Waals surface area contributed by atoms with Crippen molar-refractivity contribution in [2.45, 2.75) is 40.0 Å². The van der Waals surface area contributed by atoms with Crippen molar-refractivity contribution in [3.8, 4) is 0 Å². The number of carboxylic acids is 3. The Morgan fingerprint density at radius 2 is 0.654 bits per heavy atom. The van der Waals surface area contributed by atoms with Gasteiger partial charge >= 0.3 is 19.5 Å². The summed E-state index contributed by atoms with van der Waals surface area (Å²) in [5.41, 5.74) is 0. The molecule has 0 N–H and O–H groups in total. The second kappa shape index (κ2) is 30.3. The molecule has 26 heavy (non-hydrogen) atoms. The van der Waals surface area contributed by atoms with Crippen molar-refractivity contribution in [3.63, 3.8) is 0 Å². The molecule has 0 radical (unpaired) electrons. The van der Waals surface area contributed by atoms with Crippen molar-refractivity contribution in [3.05, 3.63) is 0 Å². The fraction of sp³-hybridized carbons (Fsp3) is 0.429. The van der Waals surface area contributed by atoms with E-state index >= 15 is 0 Å². The Hall–Kier alpha value is -2.62. The van der Waals surface area contributed by atoms with Gasteiger partial charge in [-0.25, -0.2) is 0 Å². The van der Waals surface area contributed by atoms with Gasteiger partial charge in [0.25, 0.3) is 0 Å². The third-order valence-electron chi connectivity index (χ3n) is 1.18. The maximum atomic E-state index is 9.83. The molecule has 0 aliphatic rings. The van der Waals surface area contributed by atoms with Crippen molar-refractivity contribution in [2.75, 3.05) is 0 Å². The number of carbonyl (C=O) groups excluding carboxylic acids is 8. The maximum Gasteiger partial charge on any atom is 3.00 e. The second-order valence-electron chi connectivity index (χ2n) is 3.75. The average molecular weight is 466 g/mol. The Morgan fingerprint density at radius 3 is 0.654 bits per heavy atom. The van der Waals surface area contributed by atoms with Crippen LogP contribution in [0, 0.1) is 0 Å². The number of hydrogen-bond donors (Lipinski definition) is 0. The topological polar surface area (TPSA) is 206 Å². The molecule has 11 nitrogen and oxygen atoms in total. The number of Topliss-reactive ketones (excluding diaryl/α,β-unsaturated/α-hetero) is 3. The molecular weight excluding hydrogens is 447 g/mol. The molecule has 0 saturated heterocycles. The fourth-order valence-corrected chi connectivity index (χ4v) is 0.610. The second-order valence-corrected chi connectivity index (χ2v) is 3.75. The molecular formula is C14H19O11Rh. The summed E-state index contributed by atoms with van der Waals surface area (Å²) in [6.07, 6.45) is -1.42. The first-order valence-electron chi connectivity index (χ1n) is 6.04. The normalized spacial score (nSPS) is 6.88. The van der Waals surface area contributed by atoms with Crippen LogP contribution in [0.15, 0.2) is 0 Å². The van der Waals surface area contributed by atoms with E-state index in [4.69, 9.17) is 9.59 Å². The number of ketones is 3. The quantitative estimate of drug-likeness (QED) is 0.271. The molecule has 0 unspecified atom stereocenters. The standard InChI is InChI=1S/3C4H6O3.2CH2O.Rh/c3*1-3(5)2-4(6)7;2*1-2;/h3*2H2,1H3,(H,6,7);2*1H2;/q;;;;;+3/p-3. The molecule has 0 spiro atoms. The molecule has 0 atom stereocenters. The number of aliphatic carboxylic acids is 3. The molecule has 0 aromatic heterocycles. The maximum absolute atomic E-state index is 9.83. The summed E-state index contributed by atoms with van der Waals surface area (Å²) in [7, 11) is 0. The molecule has 0 saturated carbocycles. The number of hydrogen-bond acceptors (Lipinski definition) is 11. The van der Waals surface area contributed by atoms with Crippen LogP contribution in [0.4, 0.5) is 0 Å². The van der Waals surface area contributed by atoms with Crippen molar-refractivity contribution >= 4 is 48.8 Å². The summed E-state index contributed by atoms with van der Waals surface area (Å²) in [6.45, 7) is 7.61. The van der Waals surface area contributed by atoms with Crippen molar-refractivity contribution < 1.29 is 73.2 Å². The Kier molecular flexibility index (Phi) is 45.2. The van der Waals surface area contributed by atoms with Crippen LogP contribution in [0.5, 0.6) is 0 Å². The largest absolute Gasteiger partial charge is 3.00 e. The molecule has 0 aromatic carbocycles.